The molecule has 0 radical (unpaired) electrons. The molecule has 1 fully saturated rings. The first-order valence-corrected chi connectivity index (χ1v) is 12.8. The molecule has 0 N–H and O–H groups in total. The Balaban J connectivity index is 1.69. The Hall–Kier alpha value is -2.99. The summed E-state index contributed by atoms with van der Waals surface area (Å²) >= 11 is 0. The first-order valence-electron chi connectivity index (χ1n) is 12.8. The number of carbonyl (C=O) groups is 1. The zero-order valence-electron chi connectivity index (χ0n) is 23.1. The van der Waals surface area contributed by atoms with Crippen LogP contribution in [0.25, 0.3) is 0 Å². The highest BCUT2D eigenvalue weighted by Gasteiger charge is 2.40. The number of aryl methyl sites for hydroxylation is 1. The molecule has 1 aliphatic rings. The van der Waals surface area contributed by atoms with E-state index in [-0.39, 0.29) is 24.5 Å². The average molecular weight is 577 g/mol. The second-order valence-electron chi connectivity index (χ2n) is 10.2. The molecule has 0 bridgehead atoms. The molecule has 2 aromatic rings. The topological polar surface area (TPSA) is 51.2 Å². The SMILES string of the molecule is CCOC(=O)C(C)(C)Oc1c(C)cc(CN2CCN(Cc3ccc(C(F)(F)F)c(OC)c3)CC2)cc1C(F)(F)F. The minimum atomic E-state index is -4.71. The van der Waals surface area contributed by atoms with E-state index in [1.54, 1.807) is 13.0 Å². The van der Waals surface area contributed by atoms with Crippen molar-refractivity contribution in [2.75, 3.05) is 39.9 Å². The quantitative estimate of drug-likeness (QED) is 0.267. The predicted molar refractivity (Wildman–Crippen MR) is 136 cm³/mol. The molecule has 1 aliphatic heterocycles. The fourth-order valence-electron chi connectivity index (χ4n) is 4.58. The minimum Gasteiger partial charge on any atom is -0.496 e. The van der Waals surface area contributed by atoms with Crippen LogP contribution in [0.4, 0.5) is 26.3 Å². The van der Waals surface area contributed by atoms with Gasteiger partial charge in [-0.3, -0.25) is 9.80 Å². The van der Waals surface area contributed by atoms with E-state index < -0.39 is 40.8 Å². The molecule has 0 atom stereocenters. The normalized spacial score (nSPS) is 15.7. The van der Waals surface area contributed by atoms with Crippen molar-refractivity contribution in [2.24, 2.45) is 0 Å². The van der Waals surface area contributed by atoms with Crippen LogP contribution in [0.1, 0.15) is 48.6 Å². The number of ether oxygens (including phenoxy) is 3. The summed E-state index contributed by atoms with van der Waals surface area (Å²) < 4.78 is 96.9. The van der Waals surface area contributed by atoms with Gasteiger partial charge in [-0.25, -0.2) is 4.79 Å². The summed E-state index contributed by atoms with van der Waals surface area (Å²) in [5.41, 5.74) is -2.04. The van der Waals surface area contributed by atoms with Gasteiger partial charge in [-0.15, -0.1) is 0 Å². The lowest BCUT2D eigenvalue weighted by molar-refractivity contribution is -0.160. The van der Waals surface area contributed by atoms with Gasteiger partial charge in [-0.05, 0) is 62.6 Å². The highest BCUT2D eigenvalue weighted by atomic mass is 19.4. The van der Waals surface area contributed by atoms with E-state index in [9.17, 15) is 31.1 Å². The van der Waals surface area contributed by atoms with Crippen LogP contribution in [-0.4, -0.2) is 61.3 Å². The van der Waals surface area contributed by atoms with Gasteiger partial charge < -0.3 is 14.2 Å². The number of halogens is 6. The van der Waals surface area contributed by atoms with Crippen molar-refractivity contribution in [3.63, 3.8) is 0 Å². The second-order valence-corrected chi connectivity index (χ2v) is 10.2. The van der Waals surface area contributed by atoms with Gasteiger partial charge in [0, 0.05) is 39.3 Å². The summed E-state index contributed by atoms with van der Waals surface area (Å²) in [6.45, 7) is 8.88. The first-order chi connectivity index (χ1) is 18.5. The standard InChI is InChI=1S/C28H34F6N2O4/c1-6-39-25(37)26(3,4)40-24-18(2)13-20(14-22(24)28(32,33)34)17-36-11-9-35(10-12-36)16-19-7-8-21(27(29,30)31)23(15-19)38-5/h7-8,13-15H,6,9-12,16-17H2,1-5H3. The number of hydrogen-bond acceptors (Lipinski definition) is 6. The number of benzene rings is 2. The van der Waals surface area contributed by atoms with Crippen molar-refractivity contribution in [3.8, 4) is 11.5 Å². The third kappa shape index (κ3) is 7.81. The maximum atomic E-state index is 14.0. The molecule has 0 unspecified atom stereocenters. The van der Waals surface area contributed by atoms with Crippen LogP contribution in [0.15, 0.2) is 30.3 Å². The Morgan fingerprint density at radius 1 is 0.850 bits per heavy atom. The highest BCUT2D eigenvalue weighted by Crippen LogP contribution is 2.41. The molecule has 1 heterocycles. The number of carbonyl (C=O) groups excluding carboxylic acids is 1. The largest absolute Gasteiger partial charge is 0.496 e. The van der Waals surface area contributed by atoms with Crippen molar-refractivity contribution >= 4 is 5.97 Å². The van der Waals surface area contributed by atoms with Crippen LogP contribution in [0.2, 0.25) is 0 Å². The molecule has 0 aliphatic carbocycles. The summed E-state index contributed by atoms with van der Waals surface area (Å²) in [7, 11) is 1.19. The van der Waals surface area contributed by atoms with Crippen LogP contribution in [0.3, 0.4) is 0 Å². The molecule has 6 nitrogen and oxygen atoms in total. The number of alkyl halides is 6. The van der Waals surface area contributed by atoms with Gasteiger partial charge >= 0.3 is 18.3 Å². The molecular weight excluding hydrogens is 542 g/mol. The van der Waals surface area contributed by atoms with Gasteiger partial charge in [0.15, 0.2) is 5.60 Å². The number of esters is 1. The fourth-order valence-corrected chi connectivity index (χ4v) is 4.58. The third-order valence-electron chi connectivity index (χ3n) is 6.61. The molecule has 0 aromatic heterocycles. The van der Waals surface area contributed by atoms with Crippen molar-refractivity contribution in [2.45, 2.75) is 58.7 Å². The summed E-state index contributed by atoms with van der Waals surface area (Å²) in [5, 5.41) is 0. The van der Waals surface area contributed by atoms with Crippen molar-refractivity contribution in [3.05, 3.63) is 58.1 Å². The third-order valence-corrected chi connectivity index (χ3v) is 6.61. The van der Waals surface area contributed by atoms with Gasteiger partial charge in [-0.2, -0.15) is 26.3 Å². The lowest BCUT2D eigenvalue weighted by Crippen LogP contribution is -2.45. The van der Waals surface area contributed by atoms with E-state index >= 15 is 0 Å². The maximum absolute atomic E-state index is 14.0. The van der Waals surface area contributed by atoms with Crippen molar-refractivity contribution in [1.82, 2.24) is 9.80 Å². The predicted octanol–water partition coefficient (Wildman–Crippen LogP) is 6.08. The van der Waals surface area contributed by atoms with E-state index in [0.29, 0.717) is 43.9 Å². The van der Waals surface area contributed by atoms with Gasteiger partial charge in [-0.1, -0.05) is 12.1 Å². The molecule has 0 amide bonds. The van der Waals surface area contributed by atoms with E-state index in [4.69, 9.17) is 14.2 Å². The van der Waals surface area contributed by atoms with E-state index in [0.717, 1.165) is 12.1 Å². The van der Waals surface area contributed by atoms with Gasteiger partial charge in [0.25, 0.3) is 0 Å². The fraction of sp³-hybridized carbons (Fsp3) is 0.536. The molecule has 3 rings (SSSR count). The molecule has 2 aromatic carbocycles. The molecule has 12 heteroatoms. The molecule has 1 saturated heterocycles. The van der Waals surface area contributed by atoms with Crippen molar-refractivity contribution < 1.29 is 45.3 Å². The van der Waals surface area contributed by atoms with Crippen LogP contribution >= 0.6 is 0 Å². The molecule has 0 saturated carbocycles. The van der Waals surface area contributed by atoms with E-state index in [1.165, 1.54) is 40.0 Å². The number of piperazine rings is 1. The Kier molecular flexibility index (Phi) is 9.66. The second kappa shape index (κ2) is 12.3. The monoisotopic (exact) mass is 576 g/mol. The Labute approximate surface area is 229 Å². The molecule has 0 spiro atoms. The zero-order chi connectivity index (χ0) is 29.9. The minimum absolute atomic E-state index is 0.0709. The summed E-state index contributed by atoms with van der Waals surface area (Å²) in [5.74, 6) is -1.41. The van der Waals surface area contributed by atoms with E-state index in [2.05, 4.69) is 4.90 Å². The Bertz CT molecular complexity index is 1190. The van der Waals surface area contributed by atoms with Crippen LogP contribution in [-0.2, 0) is 35.0 Å². The smallest absolute Gasteiger partial charge is 0.419 e. The van der Waals surface area contributed by atoms with Crippen LogP contribution in [0, 0.1) is 6.92 Å². The average Bonchev–Trinajstić information content (AvgIpc) is 2.85. The highest BCUT2D eigenvalue weighted by molar-refractivity contribution is 5.79. The maximum Gasteiger partial charge on any atom is 0.419 e. The Morgan fingerprint density at radius 2 is 1.40 bits per heavy atom. The summed E-state index contributed by atoms with van der Waals surface area (Å²) in [6.07, 6.45) is -9.22. The van der Waals surface area contributed by atoms with Crippen LogP contribution < -0.4 is 9.47 Å². The van der Waals surface area contributed by atoms with Crippen LogP contribution in [0.5, 0.6) is 11.5 Å². The van der Waals surface area contributed by atoms with Gasteiger partial charge in [0.1, 0.15) is 11.5 Å². The number of hydrogen-bond donors (Lipinski definition) is 0. The van der Waals surface area contributed by atoms with Gasteiger partial charge in [0.05, 0.1) is 24.8 Å². The van der Waals surface area contributed by atoms with E-state index in [1.807, 2.05) is 4.90 Å². The molecule has 222 valence electrons. The summed E-state index contributed by atoms with van der Waals surface area (Å²) in [6, 6.07) is 6.47. The van der Waals surface area contributed by atoms with Gasteiger partial charge in [0.2, 0.25) is 0 Å². The molecule has 40 heavy (non-hydrogen) atoms. The number of nitrogens with zero attached hydrogens (tertiary/aromatic N) is 2. The van der Waals surface area contributed by atoms with Crippen molar-refractivity contribution in [1.29, 1.82) is 0 Å². The zero-order valence-corrected chi connectivity index (χ0v) is 23.1. The first kappa shape index (κ1) is 31.5. The summed E-state index contributed by atoms with van der Waals surface area (Å²) in [4.78, 5) is 16.3. The molecular formula is C28H34F6N2O4. The number of rotatable bonds is 9. The Morgan fingerprint density at radius 3 is 1.90 bits per heavy atom. The lowest BCUT2D eigenvalue weighted by atomic mass is 10.0. The lowest BCUT2D eigenvalue weighted by Gasteiger charge is -2.35. The number of methoxy groups -OCH3 is 1.